The van der Waals surface area contributed by atoms with Crippen molar-refractivity contribution < 1.29 is 9.90 Å². The quantitative estimate of drug-likeness (QED) is 0.589. The van der Waals surface area contributed by atoms with E-state index in [9.17, 15) is 9.90 Å². The van der Waals surface area contributed by atoms with E-state index in [1.165, 1.54) is 12.4 Å². The van der Waals surface area contributed by atoms with E-state index >= 15 is 0 Å². The zero-order valence-electron chi connectivity index (χ0n) is 13.8. The molecule has 0 aliphatic carbocycles. The molecular formula is C18H16Cl2N4O2. The van der Waals surface area contributed by atoms with Gasteiger partial charge in [-0.25, -0.2) is 14.8 Å². The normalized spacial score (nSPS) is 12.1. The van der Waals surface area contributed by atoms with Gasteiger partial charge in [0.25, 0.3) is 0 Å². The number of carboxylic acids is 1. The Labute approximate surface area is 160 Å². The summed E-state index contributed by atoms with van der Waals surface area (Å²) in [6, 6.07) is 10.2. The highest BCUT2D eigenvalue weighted by Gasteiger charge is 2.17. The fourth-order valence-corrected chi connectivity index (χ4v) is 3.03. The zero-order chi connectivity index (χ0) is 18.7. The van der Waals surface area contributed by atoms with Gasteiger partial charge in [-0.2, -0.15) is 0 Å². The second kappa shape index (κ2) is 7.86. The Kier molecular flexibility index (Phi) is 5.56. The number of benzene rings is 2. The molecule has 134 valence electrons. The van der Waals surface area contributed by atoms with Crippen LogP contribution in [0.2, 0.25) is 10.0 Å². The van der Waals surface area contributed by atoms with Gasteiger partial charge in [-0.05, 0) is 36.9 Å². The van der Waals surface area contributed by atoms with Gasteiger partial charge in [-0.1, -0.05) is 35.3 Å². The Morgan fingerprint density at radius 2 is 2.00 bits per heavy atom. The summed E-state index contributed by atoms with van der Waals surface area (Å²) in [5.74, 6) is -0.485. The number of para-hydroxylation sites is 1. The third kappa shape index (κ3) is 3.72. The van der Waals surface area contributed by atoms with Crippen molar-refractivity contribution in [3.63, 3.8) is 0 Å². The van der Waals surface area contributed by atoms with Gasteiger partial charge in [0.15, 0.2) is 0 Å². The minimum Gasteiger partial charge on any atom is -0.478 e. The number of fused-ring (bicyclic) bond motifs is 1. The van der Waals surface area contributed by atoms with Gasteiger partial charge in [-0.15, -0.1) is 0 Å². The summed E-state index contributed by atoms with van der Waals surface area (Å²) in [6.45, 7) is 0.599. The van der Waals surface area contributed by atoms with Crippen LogP contribution in [0.25, 0.3) is 10.9 Å². The Bertz CT molecular complexity index is 965. The number of aromatic carboxylic acids is 1. The maximum Gasteiger partial charge on any atom is 0.337 e. The lowest BCUT2D eigenvalue weighted by Gasteiger charge is -2.21. The van der Waals surface area contributed by atoms with Crippen LogP contribution in [-0.2, 0) is 0 Å². The number of carbonyl (C=O) groups is 1. The highest BCUT2D eigenvalue weighted by Crippen LogP contribution is 2.29. The van der Waals surface area contributed by atoms with Gasteiger partial charge in [0, 0.05) is 11.9 Å². The molecule has 0 saturated carbocycles. The molecule has 0 fully saturated rings. The van der Waals surface area contributed by atoms with Crippen LogP contribution in [0.4, 0.5) is 5.82 Å². The molecule has 3 aromatic rings. The number of likely N-dealkylation sites (N-methyl/N-ethyl adjacent to an activating group) is 1. The van der Waals surface area contributed by atoms with Crippen LogP contribution in [0.15, 0.2) is 42.7 Å². The molecule has 0 radical (unpaired) electrons. The molecule has 3 N–H and O–H groups in total. The first kappa shape index (κ1) is 18.4. The van der Waals surface area contributed by atoms with Crippen molar-refractivity contribution in [1.82, 2.24) is 15.3 Å². The molecule has 0 spiro atoms. The maximum absolute atomic E-state index is 11.4. The number of nitrogens with zero attached hydrogens (tertiary/aromatic N) is 2. The van der Waals surface area contributed by atoms with Crippen LogP contribution < -0.4 is 10.6 Å². The van der Waals surface area contributed by atoms with Crippen molar-refractivity contribution in [3.8, 4) is 0 Å². The highest BCUT2D eigenvalue weighted by molar-refractivity contribution is 6.42. The van der Waals surface area contributed by atoms with E-state index in [0.717, 1.165) is 5.56 Å². The fourth-order valence-electron chi connectivity index (χ4n) is 2.73. The summed E-state index contributed by atoms with van der Waals surface area (Å²) >= 11 is 12.1. The van der Waals surface area contributed by atoms with E-state index in [4.69, 9.17) is 23.2 Å². The number of halogens is 2. The molecule has 0 aliphatic heterocycles. The minimum atomic E-state index is -1.03. The monoisotopic (exact) mass is 390 g/mol. The summed E-state index contributed by atoms with van der Waals surface area (Å²) in [7, 11) is 1.84. The number of rotatable bonds is 6. The molecule has 3 rings (SSSR count). The first-order valence-electron chi connectivity index (χ1n) is 7.84. The van der Waals surface area contributed by atoms with E-state index in [1.807, 2.05) is 13.1 Å². The van der Waals surface area contributed by atoms with Crippen LogP contribution in [0.5, 0.6) is 0 Å². The first-order valence-corrected chi connectivity index (χ1v) is 8.60. The SMILES string of the molecule is CNCC(Nc1ncnc2c(C(=O)O)cccc12)c1ccc(Cl)c(Cl)c1. The largest absolute Gasteiger partial charge is 0.478 e. The lowest BCUT2D eigenvalue weighted by molar-refractivity contribution is 0.0699. The summed E-state index contributed by atoms with van der Waals surface area (Å²) in [5, 5.41) is 17.4. The van der Waals surface area contributed by atoms with Crippen LogP contribution in [0, 0.1) is 0 Å². The maximum atomic E-state index is 11.4. The fraction of sp³-hybridized carbons (Fsp3) is 0.167. The van der Waals surface area contributed by atoms with Crippen LogP contribution in [-0.4, -0.2) is 34.6 Å². The third-order valence-corrected chi connectivity index (χ3v) is 4.70. The molecule has 2 aromatic carbocycles. The molecule has 6 nitrogen and oxygen atoms in total. The van der Waals surface area contributed by atoms with Gasteiger partial charge in [0.05, 0.1) is 27.2 Å². The van der Waals surface area contributed by atoms with Crippen molar-refractivity contribution in [2.24, 2.45) is 0 Å². The Balaban J connectivity index is 2.03. The summed E-state index contributed by atoms with van der Waals surface area (Å²) in [5.41, 5.74) is 1.44. The lowest BCUT2D eigenvalue weighted by Crippen LogP contribution is -2.24. The van der Waals surface area contributed by atoms with Crippen molar-refractivity contribution in [3.05, 3.63) is 63.9 Å². The molecule has 1 heterocycles. The molecule has 1 atom stereocenters. The Morgan fingerprint density at radius 3 is 2.69 bits per heavy atom. The molecule has 0 amide bonds. The Morgan fingerprint density at radius 1 is 1.19 bits per heavy atom. The topological polar surface area (TPSA) is 87.1 Å². The molecule has 1 unspecified atom stereocenters. The van der Waals surface area contributed by atoms with Crippen LogP contribution >= 0.6 is 23.2 Å². The van der Waals surface area contributed by atoms with Crippen molar-refractivity contribution in [2.45, 2.75) is 6.04 Å². The minimum absolute atomic E-state index is 0.132. The van der Waals surface area contributed by atoms with Crippen LogP contribution in [0.3, 0.4) is 0 Å². The molecule has 8 heteroatoms. The molecule has 0 bridgehead atoms. The van der Waals surface area contributed by atoms with Gasteiger partial charge in [0.1, 0.15) is 12.1 Å². The van der Waals surface area contributed by atoms with E-state index in [-0.39, 0.29) is 11.6 Å². The van der Waals surface area contributed by atoms with E-state index in [0.29, 0.717) is 33.3 Å². The molecule has 0 saturated heterocycles. The van der Waals surface area contributed by atoms with Gasteiger partial charge >= 0.3 is 5.97 Å². The standard InChI is InChI=1S/C18H16Cl2N4O2/c1-21-8-15(10-5-6-13(19)14(20)7-10)24-17-11-3-2-4-12(18(25)26)16(11)22-9-23-17/h2-7,9,15,21H,8H2,1H3,(H,25,26)(H,22,23,24). The van der Waals surface area contributed by atoms with Crippen molar-refractivity contribution in [2.75, 3.05) is 18.9 Å². The molecule has 26 heavy (non-hydrogen) atoms. The van der Waals surface area contributed by atoms with Gasteiger partial charge in [0.2, 0.25) is 0 Å². The van der Waals surface area contributed by atoms with Crippen LogP contribution in [0.1, 0.15) is 22.0 Å². The predicted octanol–water partition coefficient (Wildman–Crippen LogP) is 4.01. The molecule has 0 aliphatic rings. The van der Waals surface area contributed by atoms with E-state index < -0.39 is 5.97 Å². The zero-order valence-corrected chi connectivity index (χ0v) is 15.3. The van der Waals surface area contributed by atoms with Crippen molar-refractivity contribution in [1.29, 1.82) is 0 Å². The number of anilines is 1. The second-order valence-electron chi connectivity index (χ2n) is 5.66. The summed E-state index contributed by atoms with van der Waals surface area (Å²) < 4.78 is 0. The van der Waals surface area contributed by atoms with Gasteiger partial charge < -0.3 is 15.7 Å². The van der Waals surface area contributed by atoms with Crippen molar-refractivity contribution >= 4 is 45.9 Å². The van der Waals surface area contributed by atoms with E-state index in [1.54, 1.807) is 24.3 Å². The third-order valence-electron chi connectivity index (χ3n) is 3.96. The average molecular weight is 391 g/mol. The highest BCUT2D eigenvalue weighted by atomic mass is 35.5. The number of aromatic nitrogens is 2. The smallest absolute Gasteiger partial charge is 0.337 e. The first-order chi connectivity index (χ1) is 12.5. The average Bonchev–Trinajstić information content (AvgIpc) is 2.63. The second-order valence-corrected chi connectivity index (χ2v) is 6.47. The number of nitrogens with one attached hydrogen (secondary N) is 2. The summed E-state index contributed by atoms with van der Waals surface area (Å²) in [6.07, 6.45) is 1.35. The molecule has 1 aromatic heterocycles. The predicted molar refractivity (Wildman–Crippen MR) is 103 cm³/mol. The van der Waals surface area contributed by atoms with E-state index in [2.05, 4.69) is 20.6 Å². The number of hydrogen-bond acceptors (Lipinski definition) is 5. The summed E-state index contributed by atoms with van der Waals surface area (Å²) in [4.78, 5) is 19.8. The number of carboxylic acid groups (broad SMARTS) is 1. The molecular weight excluding hydrogens is 375 g/mol. The Hall–Kier alpha value is -2.41. The lowest BCUT2D eigenvalue weighted by atomic mass is 10.1. The van der Waals surface area contributed by atoms with Gasteiger partial charge in [-0.3, -0.25) is 0 Å². The number of hydrogen-bond donors (Lipinski definition) is 3.